The van der Waals surface area contributed by atoms with E-state index in [0.717, 1.165) is 0 Å². The van der Waals surface area contributed by atoms with Gasteiger partial charge in [0.1, 0.15) is 16.5 Å². The van der Waals surface area contributed by atoms with Gasteiger partial charge in [-0.3, -0.25) is 4.40 Å². The number of aromatic nitrogens is 2. The average Bonchev–Trinajstić information content (AvgIpc) is 2.73. The summed E-state index contributed by atoms with van der Waals surface area (Å²) in [5.74, 6) is -0.735. The topological polar surface area (TPSA) is 52.8 Å². The van der Waals surface area contributed by atoms with Crippen LogP contribution in [-0.4, -0.2) is 34.7 Å². The van der Waals surface area contributed by atoms with Crippen LogP contribution < -0.4 is 4.74 Å². The standard InChI is InChI=1S/C12H10ClF3N2O3/c1-2-20-11(19)9-10(13)18-4-3-7(5-8(18)17-9)21-6-12(14,15)16/h3-5H,2,6H2,1H3. The number of hydrogen-bond acceptors (Lipinski definition) is 4. The van der Waals surface area contributed by atoms with Gasteiger partial charge < -0.3 is 9.47 Å². The minimum Gasteiger partial charge on any atom is -0.484 e. The van der Waals surface area contributed by atoms with Gasteiger partial charge in [-0.2, -0.15) is 13.2 Å². The number of carbonyl (C=O) groups is 1. The molecule has 0 N–H and O–H groups in total. The third-order valence-electron chi connectivity index (χ3n) is 2.41. The number of imidazole rings is 1. The summed E-state index contributed by atoms with van der Waals surface area (Å²) >= 11 is 5.97. The Morgan fingerprint density at radius 1 is 1.48 bits per heavy atom. The summed E-state index contributed by atoms with van der Waals surface area (Å²) in [5, 5.41) is 0.0193. The zero-order valence-electron chi connectivity index (χ0n) is 10.8. The first-order valence-corrected chi connectivity index (χ1v) is 6.24. The number of pyridine rings is 1. The van der Waals surface area contributed by atoms with E-state index in [1.165, 1.54) is 22.7 Å². The van der Waals surface area contributed by atoms with E-state index in [4.69, 9.17) is 16.3 Å². The summed E-state index contributed by atoms with van der Waals surface area (Å²) in [5.41, 5.74) is 0.0780. The van der Waals surface area contributed by atoms with E-state index in [0.29, 0.717) is 0 Å². The Balaban J connectivity index is 2.29. The molecule has 0 bridgehead atoms. The molecule has 2 aromatic heterocycles. The summed E-state index contributed by atoms with van der Waals surface area (Å²) in [6.07, 6.45) is -3.08. The molecule has 0 aliphatic carbocycles. The molecule has 2 rings (SSSR count). The molecule has 9 heteroatoms. The Bertz CT molecular complexity index is 670. The number of nitrogens with zero attached hydrogens (tertiary/aromatic N) is 2. The second kappa shape index (κ2) is 5.80. The smallest absolute Gasteiger partial charge is 0.422 e. The molecule has 0 aliphatic rings. The van der Waals surface area contributed by atoms with Crippen LogP contribution in [0.1, 0.15) is 17.4 Å². The third-order valence-corrected chi connectivity index (χ3v) is 2.77. The van der Waals surface area contributed by atoms with Crippen molar-refractivity contribution in [3.8, 4) is 5.75 Å². The molecule has 0 saturated heterocycles. The molecule has 21 heavy (non-hydrogen) atoms. The molecule has 0 radical (unpaired) electrons. The highest BCUT2D eigenvalue weighted by atomic mass is 35.5. The van der Waals surface area contributed by atoms with Crippen molar-refractivity contribution >= 4 is 23.2 Å². The van der Waals surface area contributed by atoms with Gasteiger partial charge in [0.15, 0.2) is 12.3 Å². The second-order valence-electron chi connectivity index (χ2n) is 3.97. The molecule has 0 saturated carbocycles. The molecule has 0 unspecified atom stereocenters. The van der Waals surface area contributed by atoms with E-state index in [-0.39, 0.29) is 28.9 Å². The predicted molar refractivity (Wildman–Crippen MR) is 67.7 cm³/mol. The van der Waals surface area contributed by atoms with Crippen LogP contribution in [0, 0.1) is 0 Å². The van der Waals surface area contributed by atoms with E-state index in [2.05, 4.69) is 9.72 Å². The average molecular weight is 323 g/mol. The lowest BCUT2D eigenvalue weighted by Crippen LogP contribution is -2.19. The van der Waals surface area contributed by atoms with Crippen LogP contribution >= 0.6 is 11.6 Å². The molecular formula is C12H10ClF3N2O3. The lowest BCUT2D eigenvalue weighted by molar-refractivity contribution is -0.153. The maximum atomic E-state index is 12.1. The molecule has 2 aromatic rings. The van der Waals surface area contributed by atoms with Crippen molar-refractivity contribution in [2.24, 2.45) is 0 Å². The fourth-order valence-corrected chi connectivity index (χ4v) is 1.84. The predicted octanol–water partition coefficient (Wildman–Crippen LogP) is 3.11. The first kappa shape index (κ1) is 15.4. The number of fused-ring (bicyclic) bond motifs is 1. The van der Waals surface area contributed by atoms with Crippen LogP contribution in [0.4, 0.5) is 13.2 Å². The van der Waals surface area contributed by atoms with Gasteiger partial charge in [0.2, 0.25) is 0 Å². The second-order valence-corrected chi connectivity index (χ2v) is 4.32. The maximum Gasteiger partial charge on any atom is 0.422 e. The van der Waals surface area contributed by atoms with Crippen molar-refractivity contribution in [1.82, 2.24) is 9.38 Å². The zero-order chi connectivity index (χ0) is 15.6. The Labute approximate surface area is 122 Å². The van der Waals surface area contributed by atoms with Crippen molar-refractivity contribution < 1.29 is 27.4 Å². The Hall–Kier alpha value is -1.96. The highest BCUT2D eigenvalue weighted by Crippen LogP contribution is 2.24. The van der Waals surface area contributed by atoms with Gasteiger partial charge in [-0.15, -0.1) is 0 Å². The van der Waals surface area contributed by atoms with E-state index in [1.807, 2.05) is 0 Å². The number of halogens is 4. The van der Waals surface area contributed by atoms with Crippen molar-refractivity contribution in [2.75, 3.05) is 13.2 Å². The minimum absolute atomic E-state index is 0.0193. The molecule has 0 aromatic carbocycles. The van der Waals surface area contributed by atoms with E-state index < -0.39 is 18.8 Å². The lowest BCUT2D eigenvalue weighted by Gasteiger charge is -2.08. The highest BCUT2D eigenvalue weighted by Gasteiger charge is 2.28. The molecule has 0 fully saturated rings. The molecule has 114 valence electrons. The van der Waals surface area contributed by atoms with Gasteiger partial charge in [-0.05, 0) is 13.0 Å². The van der Waals surface area contributed by atoms with Crippen molar-refractivity contribution in [3.05, 3.63) is 29.2 Å². The van der Waals surface area contributed by atoms with Gasteiger partial charge in [0.05, 0.1) is 6.61 Å². The first-order valence-electron chi connectivity index (χ1n) is 5.86. The lowest BCUT2D eigenvalue weighted by atomic mass is 10.4. The van der Waals surface area contributed by atoms with Gasteiger partial charge in [-0.1, -0.05) is 11.6 Å². The fraction of sp³-hybridized carbons (Fsp3) is 0.333. The van der Waals surface area contributed by atoms with E-state index in [1.54, 1.807) is 6.92 Å². The number of esters is 1. The number of alkyl halides is 3. The molecule has 0 amide bonds. The summed E-state index contributed by atoms with van der Waals surface area (Å²) in [6.45, 7) is 0.371. The van der Waals surface area contributed by atoms with Crippen molar-refractivity contribution in [3.63, 3.8) is 0 Å². The number of carbonyl (C=O) groups excluding carboxylic acids is 1. The van der Waals surface area contributed by atoms with Gasteiger partial charge >= 0.3 is 12.1 Å². The SMILES string of the molecule is CCOC(=O)c1nc2cc(OCC(F)(F)F)ccn2c1Cl. The molecule has 0 atom stereocenters. The van der Waals surface area contributed by atoms with Crippen LogP contribution in [-0.2, 0) is 4.74 Å². The van der Waals surface area contributed by atoms with Crippen molar-refractivity contribution in [1.29, 1.82) is 0 Å². The zero-order valence-corrected chi connectivity index (χ0v) is 11.5. The summed E-state index contributed by atoms with van der Waals surface area (Å²) < 4.78 is 47.0. The Morgan fingerprint density at radius 2 is 2.19 bits per heavy atom. The van der Waals surface area contributed by atoms with Crippen LogP contribution in [0.5, 0.6) is 5.75 Å². The van der Waals surface area contributed by atoms with Gasteiger partial charge in [0, 0.05) is 12.3 Å². The monoisotopic (exact) mass is 322 g/mol. The van der Waals surface area contributed by atoms with Gasteiger partial charge in [-0.25, -0.2) is 9.78 Å². The summed E-state index contributed by atoms with van der Waals surface area (Å²) in [7, 11) is 0. The Kier molecular flexibility index (Phi) is 4.26. The van der Waals surface area contributed by atoms with E-state index >= 15 is 0 Å². The first-order chi connectivity index (χ1) is 9.81. The maximum absolute atomic E-state index is 12.1. The van der Waals surface area contributed by atoms with Crippen LogP contribution in [0.25, 0.3) is 5.65 Å². The fourth-order valence-electron chi connectivity index (χ4n) is 1.58. The minimum atomic E-state index is -4.44. The largest absolute Gasteiger partial charge is 0.484 e. The summed E-state index contributed by atoms with van der Waals surface area (Å²) in [4.78, 5) is 15.5. The quantitative estimate of drug-likeness (QED) is 0.812. The van der Waals surface area contributed by atoms with E-state index in [9.17, 15) is 18.0 Å². The van der Waals surface area contributed by atoms with Gasteiger partial charge in [0.25, 0.3) is 0 Å². The van der Waals surface area contributed by atoms with Crippen LogP contribution in [0.2, 0.25) is 5.15 Å². The highest BCUT2D eigenvalue weighted by molar-refractivity contribution is 6.32. The number of hydrogen-bond donors (Lipinski definition) is 0. The molecule has 0 spiro atoms. The third kappa shape index (κ3) is 3.57. The van der Waals surface area contributed by atoms with Crippen LogP contribution in [0.3, 0.4) is 0 Å². The molecule has 0 aliphatic heterocycles. The normalized spacial score (nSPS) is 11.7. The summed E-state index contributed by atoms with van der Waals surface area (Å²) in [6, 6.07) is 2.54. The number of rotatable bonds is 4. The molecule has 5 nitrogen and oxygen atoms in total. The number of ether oxygens (including phenoxy) is 2. The van der Waals surface area contributed by atoms with Crippen molar-refractivity contribution in [2.45, 2.75) is 13.1 Å². The molecule has 2 heterocycles. The van der Waals surface area contributed by atoms with Crippen LogP contribution in [0.15, 0.2) is 18.3 Å². The molecular weight excluding hydrogens is 313 g/mol. The Morgan fingerprint density at radius 3 is 2.81 bits per heavy atom.